The van der Waals surface area contributed by atoms with Crippen molar-refractivity contribution in [3.05, 3.63) is 41.2 Å². The van der Waals surface area contributed by atoms with Crippen LogP contribution in [0.1, 0.15) is 35.7 Å². The fourth-order valence-corrected chi connectivity index (χ4v) is 4.97. The highest BCUT2D eigenvalue weighted by Crippen LogP contribution is 2.37. The van der Waals surface area contributed by atoms with Crippen LogP contribution in [0.25, 0.3) is 0 Å². The first kappa shape index (κ1) is 17.0. The van der Waals surface area contributed by atoms with Gasteiger partial charge in [0.05, 0.1) is 19.3 Å². The van der Waals surface area contributed by atoms with E-state index in [9.17, 15) is 8.42 Å². The second-order valence-corrected chi connectivity index (χ2v) is 8.22. The number of aryl methyl sites for hydroxylation is 2. The van der Waals surface area contributed by atoms with Crippen LogP contribution >= 0.6 is 0 Å². The zero-order valence-corrected chi connectivity index (χ0v) is 15.3. The number of fused-ring (bicyclic) bond motifs is 1. The fraction of sp³-hybridized carbons (Fsp3) is 0.471. The third-order valence-electron chi connectivity index (χ3n) is 4.76. The van der Waals surface area contributed by atoms with E-state index >= 15 is 0 Å². The molecule has 0 aliphatic heterocycles. The maximum absolute atomic E-state index is 13.2. The second-order valence-electron chi connectivity index (χ2n) is 6.25. The Labute approximate surface area is 143 Å². The van der Waals surface area contributed by atoms with Crippen molar-refractivity contribution in [1.82, 2.24) is 14.1 Å². The molecule has 7 heteroatoms. The Kier molecular flexibility index (Phi) is 4.40. The minimum absolute atomic E-state index is 0.197. The third kappa shape index (κ3) is 2.71. The van der Waals surface area contributed by atoms with Crippen molar-refractivity contribution in [3.8, 4) is 5.75 Å². The number of ether oxygens (including phenoxy) is 1. The molecule has 1 heterocycles. The van der Waals surface area contributed by atoms with Gasteiger partial charge in [0.1, 0.15) is 10.6 Å². The Balaban J connectivity index is 2.04. The first-order valence-corrected chi connectivity index (χ1v) is 9.43. The maximum atomic E-state index is 13.2. The van der Waals surface area contributed by atoms with Gasteiger partial charge in [-0.1, -0.05) is 6.07 Å². The molecule has 0 N–H and O–H groups in total. The summed E-state index contributed by atoms with van der Waals surface area (Å²) in [6.45, 7) is 1.87. The maximum Gasteiger partial charge on any atom is 0.247 e. The molecule has 130 valence electrons. The van der Waals surface area contributed by atoms with Crippen LogP contribution in [0.2, 0.25) is 0 Å². The molecule has 1 aliphatic rings. The van der Waals surface area contributed by atoms with Gasteiger partial charge in [-0.05, 0) is 43.9 Å². The number of aromatic nitrogens is 2. The van der Waals surface area contributed by atoms with Gasteiger partial charge in [0.15, 0.2) is 0 Å². The summed E-state index contributed by atoms with van der Waals surface area (Å²) in [5.74, 6) is 0.370. The van der Waals surface area contributed by atoms with Crippen LogP contribution in [0.5, 0.6) is 5.75 Å². The standard InChI is InChI=1S/C17H23N3O3S/c1-12-8-9-16(23-4)17(10-12)24(21,22)20(3)15-7-5-6-14-13(15)11-18-19(14)2/h8-11,15H,5-7H2,1-4H3. The number of nitrogens with zero attached hydrogens (tertiary/aromatic N) is 3. The number of benzene rings is 1. The predicted octanol–water partition coefficient (Wildman–Crippen LogP) is 2.44. The summed E-state index contributed by atoms with van der Waals surface area (Å²) in [6, 6.07) is 5.01. The summed E-state index contributed by atoms with van der Waals surface area (Å²) < 4.78 is 35.0. The summed E-state index contributed by atoms with van der Waals surface area (Å²) in [5, 5.41) is 4.30. The molecule has 0 bridgehead atoms. The molecule has 0 radical (unpaired) electrons. The Morgan fingerprint density at radius 3 is 2.83 bits per heavy atom. The first-order valence-electron chi connectivity index (χ1n) is 7.99. The normalized spacial score (nSPS) is 17.8. The lowest BCUT2D eigenvalue weighted by atomic mass is 9.93. The van der Waals surface area contributed by atoms with E-state index in [1.165, 1.54) is 11.4 Å². The predicted molar refractivity (Wildman–Crippen MR) is 91.6 cm³/mol. The molecular weight excluding hydrogens is 326 g/mol. The molecule has 3 rings (SSSR count). The molecule has 1 aromatic heterocycles. The molecule has 1 aromatic carbocycles. The Morgan fingerprint density at radius 2 is 2.12 bits per heavy atom. The van der Waals surface area contributed by atoms with Crippen LogP contribution in [0.3, 0.4) is 0 Å². The average molecular weight is 349 g/mol. The highest BCUT2D eigenvalue weighted by atomic mass is 32.2. The molecule has 2 aromatic rings. The second kappa shape index (κ2) is 6.22. The van der Waals surface area contributed by atoms with Gasteiger partial charge < -0.3 is 4.74 Å². The van der Waals surface area contributed by atoms with Crippen molar-refractivity contribution in [2.24, 2.45) is 7.05 Å². The summed E-state index contributed by atoms with van der Waals surface area (Å²) in [6.07, 6.45) is 4.47. The van der Waals surface area contributed by atoms with E-state index in [0.717, 1.165) is 36.1 Å². The van der Waals surface area contributed by atoms with Gasteiger partial charge in [-0.2, -0.15) is 9.40 Å². The van der Waals surface area contributed by atoms with E-state index in [4.69, 9.17) is 4.74 Å². The summed E-state index contributed by atoms with van der Waals surface area (Å²) in [4.78, 5) is 0.212. The van der Waals surface area contributed by atoms with Gasteiger partial charge >= 0.3 is 0 Å². The number of rotatable bonds is 4. The van der Waals surface area contributed by atoms with Crippen LogP contribution in [-0.2, 0) is 23.5 Å². The topological polar surface area (TPSA) is 64.4 Å². The molecule has 1 aliphatic carbocycles. The van der Waals surface area contributed by atoms with Crippen LogP contribution in [0, 0.1) is 6.92 Å². The lowest BCUT2D eigenvalue weighted by Gasteiger charge is -2.31. The molecule has 0 saturated carbocycles. The SMILES string of the molecule is COc1ccc(C)cc1S(=O)(=O)N(C)C1CCCc2c1cnn2C. The first-order chi connectivity index (χ1) is 11.4. The van der Waals surface area contributed by atoms with Gasteiger partial charge in [0, 0.05) is 25.4 Å². The highest BCUT2D eigenvalue weighted by Gasteiger charge is 2.35. The minimum Gasteiger partial charge on any atom is -0.495 e. The van der Waals surface area contributed by atoms with Gasteiger partial charge in [0.2, 0.25) is 10.0 Å². The summed E-state index contributed by atoms with van der Waals surface area (Å²) >= 11 is 0. The Morgan fingerprint density at radius 1 is 1.38 bits per heavy atom. The molecular formula is C17H23N3O3S. The monoisotopic (exact) mass is 349 g/mol. The Hall–Kier alpha value is -1.86. The van der Waals surface area contributed by atoms with Crippen molar-refractivity contribution < 1.29 is 13.2 Å². The molecule has 0 amide bonds. The minimum atomic E-state index is -3.67. The molecule has 0 spiro atoms. The smallest absolute Gasteiger partial charge is 0.247 e. The fourth-order valence-electron chi connectivity index (χ4n) is 3.37. The van der Waals surface area contributed by atoms with Gasteiger partial charge in [-0.25, -0.2) is 8.42 Å². The number of hydrogen-bond acceptors (Lipinski definition) is 4. The zero-order chi connectivity index (χ0) is 17.5. The number of methoxy groups -OCH3 is 1. The van der Waals surface area contributed by atoms with Crippen LogP contribution < -0.4 is 4.74 Å². The lowest BCUT2D eigenvalue weighted by molar-refractivity contribution is 0.332. The zero-order valence-electron chi connectivity index (χ0n) is 14.5. The van der Waals surface area contributed by atoms with Crippen molar-refractivity contribution in [1.29, 1.82) is 0 Å². The third-order valence-corrected chi connectivity index (χ3v) is 6.65. The van der Waals surface area contributed by atoms with Gasteiger partial charge in [-0.3, -0.25) is 4.68 Å². The van der Waals surface area contributed by atoms with E-state index in [1.807, 2.05) is 24.7 Å². The largest absolute Gasteiger partial charge is 0.495 e. The van der Waals surface area contributed by atoms with Crippen molar-refractivity contribution in [2.75, 3.05) is 14.2 Å². The lowest BCUT2D eigenvalue weighted by Crippen LogP contribution is -2.33. The molecule has 0 saturated heterocycles. The van der Waals surface area contributed by atoms with Crippen molar-refractivity contribution in [3.63, 3.8) is 0 Å². The summed E-state index contributed by atoms with van der Waals surface area (Å²) in [7, 11) is 1.37. The highest BCUT2D eigenvalue weighted by molar-refractivity contribution is 7.89. The molecule has 24 heavy (non-hydrogen) atoms. The van der Waals surface area contributed by atoms with E-state index in [2.05, 4.69) is 5.10 Å². The molecule has 1 atom stereocenters. The molecule has 1 unspecified atom stereocenters. The van der Waals surface area contributed by atoms with E-state index < -0.39 is 10.0 Å². The van der Waals surface area contributed by atoms with Crippen LogP contribution in [-0.4, -0.2) is 36.7 Å². The van der Waals surface area contributed by atoms with Crippen molar-refractivity contribution >= 4 is 10.0 Å². The molecule has 6 nitrogen and oxygen atoms in total. The van der Waals surface area contributed by atoms with E-state index in [0.29, 0.717) is 5.75 Å². The van der Waals surface area contributed by atoms with E-state index in [1.54, 1.807) is 25.4 Å². The quantitative estimate of drug-likeness (QED) is 0.850. The summed E-state index contributed by atoms with van der Waals surface area (Å²) in [5.41, 5.74) is 3.00. The number of sulfonamides is 1. The van der Waals surface area contributed by atoms with Gasteiger partial charge in [0.25, 0.3) is 0 Å². The average Bonchev–Trinajstić information content (AvgIpc) is 2.95. The van der Waals surface area contributed by atoms with Crippen LogP contribution in [0.15, 0.2) is 29.3 Å². The molecule has 0 fully saturated rings. The number of hydrogen-bond donors (Lipinski definition) is 0. The van der Waals surface area contributed by atoms with E-state index in [-0.39, 0.29) is 10.9 Å². The van der Waals surface area contributed by atoms with Crippen LogP contribution in [0.4, 0.5) is 0 Å². The van der Waals surface area contributed by atoms with Crippen molar-refractivity contribution in [2.45, 2.75) is 37.1 Å². The van der Waals surface area contributed by atoms with Gasteiger partial charge in [-0.15, -0.1) is 0 Å². The Bertz CT molecular complexity index is 858.